The Labute approximate surface area is 173 Å². The Morgan fingerprint density at radius 1 is 1.13 bits per heavy atom. The molecule has 1 fully saturated rings. The zero-order valence-corrected chi connectivity index (χ0v) is 17.2. The molecule has 0 unspecified atom stereocenters. The SMILES string of the molecule is Cc1cc2c(N(C)c3cncc(C(F)F)c3)cc(N3CCOCC3)cc2n(C)c1=O. The van der Waals surface area contributed by atoms with Crippen molar-refractivity contribution in [3.05, 3.63) is 58.1 Å². The number of hydrogen-bond donors (Lipinski definition) is 0. The molecule has 30 heavy (non-hydrogen) atoms. The molecule has 0 spiro atoms. The van der Waals surface area contributed by atoms with Crippen molar-refractivity contribution in [2.75, 3.05) is 43.2 Å². The van der Waals surface area contributed by atoms with E-state index in [9.17, 15) is 13.6 Å². The summed E-state index contributed by atoms with van der Waals surface area (Å²) in [5, 5.41) is 0.872. The number of benzene rings is 1. The number of nitrogens with zero attached hydrogens (tertiary/aromatic N) is 4. The number of rotatable bonds is 4. The van der Waals surface area contributed by atoms with Crippen molar-refractivity contribution in [1.82, 2.24) is 9.55 Å². The Morgan fingerprint density at radius 2 is 1.87 bits per heavy atom. The Kier molecular flexibility index (Phi) is 5.42. The van der Waals surface area contributed by atoms with E-state index in [1.54, 1.807) is 24.7 Å². The first kappa shape index (κ1) is 20.3. The Hall–Kier alpha value is -3.00. The van der Waals surface area contributed by atoms with Crippen molar-refractivity contribution >= 4 is 28.0 Å². The van der Waals surface area contributed by atoms with Crippen LogP contribution in [-0.4, -0.2) is 42.9 Å². The lowest BCUT2D eigenvalue weighted by atomic mass is 10.1. The number of alkyl halides is 2. The van der Waals surface area contributed by atoms with Gasteiger partial charge < -0.3 is 19.1 Å². The predicted molar refractivity (Wildman–Crippen MR) is 114 cm³/mol. The molecule has 1 aliphatic heterocycles. The lowest BCUT2D eigenvalue weighted by Crippen LogP contribution is -2.36. The average Bonchev–Trinajstić information content (AvgIpc) is 2.77. The Balaban J connectivity index is 1.92. The topological polar surface area (TPSA) is 50.6 Å². The molecule has 0 amide bonds. The molecule has 0 N–H and O–H groups in total. The van der Waals surface area contributed by atoms with Gasteiger partial charge in [0.15, 0.2) is 0 Å². The first-order valence-electron chi connectivity index (χ1n) is 9.80. The van der Waals surface area contributed by atoms with E-state index < -0.39 is 6.43 Å². The van der Waals surface area contributed by atoms with E-state index >= 15 is 0 Å². The molecule has 3 aromatic rings. The van der Waals surface area contributed by atoms with Crippen molar-refractivity contribution in [2.24, 2.45) is 7.05 Å². The van der Waals surface area contributed by atoms with E-state index in [2.05, 4.69) is 9.88 Å². The minimum atomic E-state index is -2.59. The number of ether oxygens (including phenoxy) is 1. The van der Waals surface area contributed by atoms with E-state index in [0.29, 0.717) is 24.5 Å². The second kappa shape index (κ2) is 8.02. The van der Waals surface area contributed by atoms with Crippen molar-refractivity contribution in [3.63, 3.8) is 0 Å². The van der Waals surface area contributed by atoms with Crippen LogP contribution in [0.3, 0.4) is 0 Å². The lowest BCUT2D eigenvalue weighted by Gasteiger charge is -2.31. The van der Waals surface area contributed by atoms with Crippen LogP contribution < -0.4 is 15.4 Å². The van der Waals surface area contributed by atoms with Gasteiger partial charge in [-0.05, 0) is 31.2 Å². The summed E-state index contributed by atoms with van der Waals surface area (Å²) in [6.07, 6.45) is 0.150. The third-order valence-corrected chi connectivity index (χ3v) is 5.61. The highest BCUT2D eigenvalue weighted by Crippen LogP contribution is 2.36. The van der Waals surface area contributed by atoms with E-state index in [1.165, 1.54) is 12.3 Å². The van der Waals surface area contributed by atoms with Crippen molar-refractivity contribution in [3.8, 4) is 0 Å². The summed E-state index contributed by atoms with van der Waals surface area (Å²) in [6, 6.07) is 7.34. The molecule has 158 valence electrons. The van der Waals surface area contributed by atoms with E-state index in [-0.39, 0.29) is 11.1 Å². The van der Waals surface area contributed by atoms with Gasteiger partial charge in [0.2, 0.25) is 0 Å². The van der Waals surface area contributed by atoms with Gasteiger partial charge in [-0.1, -0.05) is 0 Å². The first-order valence-corrected chi connectivity index (χ1v) is 9.80. The van der Waals surface area contributed by atoms with Crippen molar-refractivity contribution < 1.29 is 13.5 Å². The molecule has 2 aromatic heterocycles. The van der Waals surface area contributed by atoms with Crippen LogP contribution in [0, 0.1) is 6.92 Å². The summed E-state index contributed by atoms with van der Waals surface area (Å²) >= 11 is 0. The van der Waals surface area contributed by atoms with Crippen LogP contribution in [0.4, 0.5) is 25.8 Å². The van der Waals surface area contributed by atoms with Gasteiger partial charge in [0, 0.05) is 55.6 Å². The summed E-state index contributed by atoms with van der Waals surface area (Å²) in [5.74, 6) is 0. The second-order valence-corrected chi connectivity index (χ2v) is 7.52. The van der Waals surface area contributed by atoms with Crippen molar-refractivity contribution in [2.45, 2.75) is 13.3 Å². The number of pyridine rings is 2. The van der Waals surface area contributed by atoms with Gasteiger partial charge in [0.05, 0.1) is 36.3 Å². The van der Waals surface area contributed by atoms with Crippen LogP contribution in [0.1, 0.15) is 17.6 Å². The molecule has 0 radical (unpaired) electrons. The van der Waals surface area contributed by atoms with Gasteiger partial charge in [-0.25, -0.2) is 8.78 Å². The van der Waals surface area contributed by atoms with Crippen LogP contribution in [0.5, 0.6) is 0 Å². The minimum Gasteiger partial charge on any atom is -0.378 e. The zero-order valence-electron chi connectivity index (χ0n) is 17.2. The van der Waals surface area contributed by atoms with Crippen LogP contribution in [0.25, 0.3) is 10.9 Å². The molecule has 0 saturated carbocycles. The standard InChI is InChI=1S/C22H24F2N4O2/c1-14-8-18-19(26(2)17-9-15(21(23)24)12-25-13-17)10-16(28-4-6-30-7-5-28)11-20(18)27(3)22(14)29/h8-13,21H,4-7H2,1-3H3. The maximum Gasteiger partial charge on any atom is 0.265 e. The van der Waals surface area contributed by atoms with E-state index in [4.69, 9.17) is 4.74 Å². The van der Waals surface area contributed by atoms with Gasteiger partial charge in [0.1, 0.15) is 0 Å². The Bertz CT molecular complexity index is 1140. The summed E-state index contributed by atoms with van der Waals surface area (Å²) in [5.41, 5.74) is 3.56. The highest BCUT2D eigenvalue weighted by atomic mass is 19.3. The minimum absolute atomic E-state index is 0.0587. The number of halogens is 2. The third kappa shape index (κ3) is 3.63. The van der Waals surface area contributed by atoms with Gasteiger partial charge in [-0.2, -0.15) is 0 Å². The molecular formula is C22H24F2N4O2. The van der Waals surface area contributed by atoms with E-state index in [1.807, 2.05) is 30.1 Å². The van der Waals surface area contributed by atoms with Gasteiger partial charge >= 0.3 is 0 Å². The first-order chi connectivity index (χ1) is 14.4. The number of hydrogen-bond acceptors (Lipinski definition) is 5. The molecule has 1 aliphatic rings. The molecular weight excluding hydrogens is 390 g/mol. The fraction of sp³-hybridized carbons (Fsp3) is 0.364. The highest BCUT2D eigenvalue weighted by Gasteiger charge is 2.19. The Morgan fingerprint density at radius 3 is 2.57 bits per heavy atom. The summed E-state index contributed by atoms with van der Waals surface area (Å²) in [4.78, 5) is 20.6. The van der Waals surface area contributed by atoms with Crippen LogP contribution >= 0.6 is 0 Å². The van der Waals surface area contributed by atoms with Crippen LogP contribution in [-0.2, 0) is 11.8 Å². The molecule has 4 rings (SSSR count). The molecule has 6 nitrogen and oxygen atoms in total. The quantitative estimate of drug-likeness (QED) is 0.650. The number of aryl methyl sites for hydroxylation is 2. The zero-order chi connectivity index (χ0) is 21.4. The average molecular weight is 414 g/mol. The monoisotopic (exact) mass is 414 g/mol. The fourth-order valence-electron chi connectivity index (χ4n) is 3.85. The maximum absolute atomic E-state index is 13.2. The normalized spacial score (nSPS) is 14.5. The predicted octanol–water partition coefficient (Wildman–Crippen LogP) is 3.78. The smallest absolute Gasteiger partial charge is 0.265 e. The number of fused-ring (bicyclic) bond motifs is 1. The summed E-state index contributed by atoms with van der Waals surface area (Å²) in [6.45, 7) is 4.54. The summed E-state index contributed by atoms with van der Waals surface area (Å²) in [7, 11) is 3.58. The molecule has 0 bridgehead atoms. The van der Waals surface area contributed by atoms with Gasteiger partial charge in [-0.15, -0.1) is 0 Å². The largest absolute Gasteiger partial charge is 0.378 e. The number of morpholine rings is 1. The van der Waals surface area contributed by atoms with Crippen molar-refractivity contribution in [1.29, 1.82) is 0 Å². The maximum atomic E-state index is 13.2. The summed E-state index contributed by atoms with van der Waals surface area (Å²) < 4.78 is 33.5. The van der Waals surface area contributed by atoms with E-state index in [0.717, 1.165) is 35.4 Å². The highest BCUT2D eigenvalue weighted by molar-refractivity contribution is 5.97. The van der Waals surface area contributed by atoms with Gasteiger partial charge in [-0.3, -0.25) is 9.78 Å². The number of anilines is 3. The molecule has 1 aromatic carbocycles. The molecule has 1 saturated heterocycles. The second-order valence-electron chi connectivity index (χ2n) is 7.52. The molecule has 8 heteroatoms. The van der Waals surface area contributed by atoms with Gasteiger partial charge in [0.25, 0.3) is 12.0 Å². The fourth-order valence-corrected chi connectivity index (χ4v) is 3.85. The molecule has 0 aliphatic carbocycles. The number of aromatic nitrogens is 2. The van der Waals surface area contributed by atoms with Crippen LogP contribution in [0.15, 0.2) is 41.5 Å². The van der Waals surface area contributed by atoms with Crippen LogP contribution in [0.2, 0.25) is 0 Å². The molecule has 0 atom stereocenters. The third-order valence-electron chi connectivity index (χ3n) is 5.61. The molecule has 3 heterocycles. The lowest BCUT2D eigenvalue weighted by molar-refractivity contribution is 0.122.